The van der Waals surface area contributed by atoms with Crippen molar-refractivity contribution in [2.75, 3.05) is 6.54 Å². The molecule has 0 spiro atoms. The zero-order chi connectivity index (χ0) is 19.6. The maximum atomic E-state index is 12.9. The smallest absolute Gasteiger partial charge is 0.243 e. The lowest BCUT2D eigenvalue weighted by molar-refractivity contribution is -0.137. The van der Waals surface area contributed by atoms with Crippen molar-refractivity contribution in [1.82, 2.24) is 15.2 Å². The summed E-state index contributed by atoms with van der Waals surface area (Å²) in [6.07, 6.45) is 0.648. The molecule has 3 rings (SSSR count). The molecule has 2 heterocycles. The summed E-state index contributed by atoms with van der Waals surface area (Å²) in [5, 5.41) is 13.0. The van der Waals surface area contributed by atoms with Crippen LogP contribution in [0.3, 0.4) is 0 Å². The van der Waals surface area contributed by atoms with Crippen LogP contribution >= 0.6 is 11.3 Å². The number of Topliss-reactive ketones (excluding diaryl/α,β-unsaturated/α-hetero) is 1. The second-order valence-electron chi connectivity index (χ2n) is 6.78. The fraction of sp³-hybridized carbons (Fsp3) is 0.474. The summed E-state index contributed by atoms with van der Waals surface area (Å²) in [7, 11) is 0. The Morgan fingerprint density at radius 2 is 2.11 bits per heavy atom. The molecule has 0 aliphatic carbocycles. The van der Waals surface area contributed by atoms with E-state index in [9.17, 15) is 19.5 Å². The van der Waals surface area contributed by atoms with Gasteiger partial charge >= 0.3 is 0 Å². The van der Waals surface area contributed by atoms with Gasteiger partial charge in [0.1, 0.15) is 6.04 Å². The first-order chi connectivity index (χ1) is 12.9. The minimum atomic E-state index is -0.750. The third kappa shape index (κ3) is 4.17. The van der Waals surface area contributed by atoms with E-state index in [0.29, 0.717) is 17.8 Å². The zero-order valence-corrected chi connectivity index (χ0v) is 16.2. The van der Waals surface area contributed by atoms with Crippen LogP contribution in [0.2, 0.25) is 0 Å². The van der Waals surface area contributed by atoms with Crippen LogP contribution in [0.15, 0.2) is 24.3 Å². The number of fused-ring (bicyclic) bond motifs is 1. The molecule has 0 bridgehead atoms. The minimum Gasteiger partial charge on any atom is -0.391 e. The van der Waals surface area contributed by atoms with E-state index in [4.69, 9.17) is 0 Å². The quantitative estimate of drug-likeness (QED) is 0.733. The van der Waals surface area contributed by atoms with E-state index in [2.05, 4.69) is 10.3 Å². The Balaban J connectivity index is 1.77. The van der Waals surface area contributed by atoms with Crippen molar-refractivity contribution in [1.29, 1.82) is 0 Å². The number of ketones is 1. The van der Waals surface area contributed by atoms with Crippen LogP contribution in [0.1, 0.15) is 42.9 Å². The summed E-state index contributed by atoms with van der Waals surface area (Å²) in [5.74, 6) is -0.898. The van der Waals surface area contributed by atoms with Crippen LogP contribution < -0.4 is 5.32 Å². The molecule has 1 aromatic heterocycles. The second-order valence-corrected chi connectivity index (χ2v) is 7.81. The first-order valence-corrected chi connectivity index (χ1v) is 9.87. The maximum Gasteiger partial charge on any atom is 0.243 e. The Bertz CT molecular complexity index is 833. The number of aliphatic hydroxyl groups excluding tert-OH is 1. The molecule has 144 valence electrons. The lowest BCUT2D eigenvalue weighted by Gasteiger charge is -2.24. The summed E-state index contributed by atoms with van der Waals surface area (Å²) in [4.78, 5) is 43.1. The van der Waals surface area contributed by atoms with Crippen molar-refractivity contribution < 1.29 is 19.5 Å². The molecule has 2 aromatic rings. The van der Waals surface area contributed by atoms with E-state index in [1.807, 2.05) is 31.2 Å². The second kappa shape index (κ2) is 8.14. The number of amides is 2. The number of para-hydroxylation sites is 1. The lowest BCUT2D eigenvalue weighted by Crippen LogP contribution is -2.50. The van der Waals surface area contributed by atoms with Crippen molar-refractivity contribution in [2.45, 2.75) is 51.3 Å². The summed E-state index contributed by atoms with van der Waals surface area (Å²) in [5.41, 5.74) is 0.758. The molecule has 8 heteroatoms. The number of aliphatic hydroxyl groups is 1. The molecule has 2 N–H and O–H groups in total. The Labute approximate surface area is 161 Å². The van der Waals surface area contributed by atoms with Crippen LogP contribution in [0.5, 0.6) is 0 Å². The monoisotopic (exact) mass is 389 g/mol. The fourth-order valence-corrected chi connectivity index (χ4v) is 4.32. The lowest BCUT2D eigenvalue weighted by atomic mass is 10.1. The number of likely N-dealkylation sites (tertiary alicyclic amines) is 1. The number of hydrogen-bond acceptors (Lipinski definition) is 6. The molecule has 1 aliphatic heterocycles. The molecule has 7 nitrogen and oxygen atoms in total. The average Bonchev–Trinajstić information content (AvgIpc) is 3.24. The standard InChI is InChI=1S/C19H23N3O4S/c1-3-6-14(17(25)19-21-13-7-4-5-8-16(13)27-19)20-18(26)15-9-12(24)10-22(15)11(2)23/h4-5,7-8,12,14-15,24H,3,6,9-10H2,1-2H3,(H,20,26)/t12-,14+,15+/m1/s1. The largest absolute Gasteiger partial charge is 0.391 e. The summed E-state index contributed by atoms with van der Waals surface area (Å²) in [6.45, 7) is 3.44. The topological polar surface area (TPSA) is 99.6 Å². The molecule has 3 atom stereocenters. The zero-order valence-electron chi connectivity index (χ0n) is 15.3. The molecular formula is C19H23N3O4S. The number of rotatable bonds is 6. The third-order valence-corrected chi connectivity index (χ3v) is 5.75. The average molecular weight is 389 g/mol. The molecular weight excluding hydrogens is 366 g/mol. The van der Waals surface area contributed by atoms with Gasteiger partial charge in [-0.25, -0.2) is 4.98 Å². The number of aromatic nitrogens is 1. The van der Waals surface area contributed by atoms with Gasteiger partial charge in [-0.1, -0.05) is 25.5 Å². The van der Waals surface area contributed by atoms with Gasteiger partial charge < -0.3 is 15.3 Å². The van der Waals surface area contributed by atoms with E-state index in [1.165, 1.54) is 23.2 Å². The molecule has 1 saturated heterocycles. The highest BCUT2D eigenvalue weighted by molar-refractivity contribution is 7.20. The summed E-state index contributed by atoms with van der Waals surface area (Å²) in [6, 6.07) is 6.06. The SMILES string of the molecule is CCC[C@H](NC(=O)[C@@H]1C[C@@H](O)CN1C(C)=O)C(=O)c1nc2ccccc2s1. The van der Waals surface area contributed by atoms with Crippen molar-refractivity contribution in [3.8, 4) is 0 Å². The molecule has 0 radical (unpaired) electrons. The molecule has 27 heavy (non-hydrogen) atoms. The van der Waals surface area contributed by atoms with Gasteiger partial charge in [-0.05, 0) is 18.6 Å². The predicted molar refractivity (Wildman–Crippen MR) is 103 cm³/mol. The molecule has 0 unspecified atom stereocenters. The van der Waals surface area contributed by atoms with Gasteiger partial charge in [0, 0.05) is 19.9 Å². The highest BCUT2D eigenvalue weighted by atomic mass is 32.1. The van der Waals surface area contributed by atoms with Gasteiger partial charge in [-0.2, -0.15) is 0 Å². The number of thiazole rings is 1. The number of β-amino-alcohol motifs (C(OH)–C–C–N with tert-alkyl or cyclic N) is 1. The van der Waals surface area contributed by atoms with Crippen LogP contribution in [0.4, 0.5) is 0 Å². The Morgan fingerprint density at radius 3 is 2.78 bits per heavy atom. The van der Waals surface area contributed by atoms with Crippen LogP contribution in [-0.4, -0.2) is 57.3 Å². The van der Waals surface area contributed by atoms with Crippen LogP contribution in [-0.2, 0) is 9.59 Å². The highest BCUT2D eigenvalue weighted by Crippen LogP contribution is 2.24. The maximum absolute atomic E-state index is 12.9. The van der Waals surface area contributed by atoms with Gasteiger partial charge in [-0.3, -0.25) is 14.4 Å². The van der Waals surface area contributed by atoms with E-state index < -0.39 is 24.1 Å². The van der Waals surface area contributed by atoms with Crippen LogP contribution in [0.25, 0.3) is 10.2 Å². The third-order valence-electron chi connectivity index (χ3n) is 4.70. The van der Waals surface area contributed by atoms with E-state index >= 15 is 0 Å². The van der Waals surface area contributed by atoms with Crippen LogP contribution in [0, 0.1) is 0 Å². The van der Waals surface area contributed by atoms with Gasteiger partial charge in [0.25, 0.3) is 0 Å². The number of carbonyl (C=O) groups is 3. The molecule has 1 fully saturated rings. The molecule has 2 amide bonds. The summed E-state index contributed by atoms with van der Waals surface area (Å²) >= 11 is 1.31. The van der Waals surface area contributed by atoms with Crippen molar-refractivity contribution in [3.05, 3.63) is 29.3 Å². The first-order valence-electron chi connectivity index (χ1n) is 9.06. The Morgan fingerprint density at radius 1 is 1.37 bits per heavy atom. The van der Waals surface area contributed by atoms with E-state index in [0.717, 1.165) is 10.2 Å². The van der Waals surface area contributed by atoms with Gasteiger partial charge in [-0.15, -0.1) is 11.3 Å². The first kappa shape index (κ1) is 19.4. The van der Waals surface area contributed by atoms with Gasteiger partial charge in [0.15, 0.2) is 5.01 Å². The number of carbonyl (C=O) groups excluding carboxylic acids is 3. The highest BCUT2D eigenvalue weighted by Gasteiger charge is 2.38. The van der Waals surface area contributed by atoms with Crippen molar-refractivity contribution in [2.24, 2.45) is 0 Å². The molecule has 1 aromatic carbocycles. The van der Waals surface area contributed by atoms with Crippen molar-refractivity contribution in [3.63, 3.8) is 0 Å². The minimum absolute atomic E-state index is 0.137. The number of nitrogens with one attached hydrogen (secondary N) is 1. The normalized spacial score (nSPS) is 20.6. The molecule has 1 aliphatic rings. The summed E-state index contributed by atoms with van der Waals surface area (Å²) < 4.78 is 0.920. The molecule has 0 saturated carbocycles. The van der Waals surface area contributed by atoms with Crippen molar-refractivity contribution >= 4 is 39.2 Å². The fourth-order valence-electron chi connectivity index (χ4n) is 3.36. The number of benzene rings is 1. The van der Waals surface area contributed by atoms with E-state index in [-0.39, 0.29) is 24.7 Å². The number of hydrogen-bond donors (Lipinski definition) is 2. The Kier molecular flexibility index (Phi) is 5.86. The van der Waals surface area contributed by atoms with Gasteiger partial charge in [0.05, 0.1) is 22.4 Å². The number of nitrogens with zero attached hydrogens (tertiary/aromatic N) is 2. The Hall–Kier alpha value is -2.32. The van der Waals surface area contributed by atoms with E-state index in [1.54, 1.807) is 0 Å². The predicted octanol–water partition coefficient (Wildman–Crippen LogP) is 1.75. The van der Waals surface area contributed by atoms with Gasteiger partial charge in [0.2, 0.25) is 17.6 Å².